The number of hydrogen-bond donors (Lipinski definition) is 2. The molecule has 2 atom stereocenters. The van der Waals surface area contributed by atoms with Crippen molar-refractivity contribution >= 4 is 5.82 Å². The van der Waals surface area contributed by atoms with Gasteiger partial charge in [-0.25, -0.2) is 4.98 Å². The molecule has 4 nitrogen and oxygen atoms in total. The zero-order valence-electron chi connectivity index (χ0n) is 10.9. The maximum atomic E-state index is 11.0. The summed E-state index contributed by atoms with van der Waals surface area (Å²) in [6.45, 7) is 4.16. The van der Waals surface area contributed by atoms with E-state index in [9.17, 15) is 5.11 Å². The highest BCUT2D eigenvalue weighted by Gasteiger charge is 2.43. The van der Waals surface area contributed by atoms with Crippen molar-refractivity contribution in [2.75, 3.05) is 18.8 Å². The highest BCUT2D eigenvalue weighted by Crippen LogP contribution is 2.42. The number of aromatic nitrogens is 1. The molecule has 3 N–H and O–H groups in total. The second-order valence-corrected chi connectivity index (χ2v) is 5.71. The molecule has 0 aromatic carbocycles. The van der Waals surface area contributed by atoms with Gasteiger partial charge in [0.25, 0.3) is 0 Å². The fraction of sp³-hybridized carbons (Fsp3) is 0.643. The molecule has 0 saturated carbocycles. The van der Waals surface area contributed by atoms with Crippen LogP contribution in [0.25, 0.3) is 0 Å². The average Bonchev–Trinajstić information content (AvgIpc) is 2.75. The van der Waals surface area contributed by atoms with Crippen LogP contribution in [-0.4, -0.2) is 34.1 Å². The van der Waals surface area contributed by atoms with Crippen molar-refractivity contribution in [1.29, 1.82) is 0 Å². The molecule has 0 aliphatic carbocycles. The van der Waals surface area contributed by atoms with Crippen molar-refractivity contribution < 1.29 is 5.11 Å². The summed E-state index contributed by atoms with van der Waals surface area (Å²) in [5.74, 6) is 0.490. The third-order valence-electron chi connectivity index (χ3n) is 4.54. The van der Waals surface area contributed by atoms with Gasteiger partial charge < -0.3 is 15.7 Å². The van der Waals surface area contributed by atoms with Crippen molar-refractivity contribution in [3.8, 4) is 0 Å². The number of hydrogen-bond acceptors (Lipinski definition) is 4. The Hall–Kier alpha value is -1.13. The predicted octanol–water partition coefficient (Wildman–Crippen LogP) is 1.42. The molecule has 3 rings (SSSR count). The lowest BCUT2D eigenvalue weighted by Gasteiger charge is -2.41. The van der Waals surface area contributed by atoms with Crippen molar-refractivity contribution in [3.05, 3.63) is 23.4 Å². The van der Waals surface area contributed by atoms with E-state index in [2.05, 4.69) is 9.88 Å². The van der Waals surface area contributed by atoms with E-state index in [0.717, 1.165) is 30.5 Å². The van der Waals surface area contributed by atoms with Crippen LogP contribution in [0.15, 0.2) is 12.3 Å². The minimum Gasteiger partial charge on any atom is -0.385 e. The quantitative estimate of drug-likeness (QED) is 0.788. The number of pyridine rings is 1. The topological polar surface area (TPSA) is 62.4 Å². The minimum absolute atomic E-state index is 0.490. The third kappa shape index (κ3) is 1.80. The Morgan fingerprint density at radius 1 is 1.50 bits per heavy atom. The van der Waals surface area contributed by atoms with Crippen LogP contribution in [0.3, 0.4) is 0 Å². The van der Waals surface area contributed by atoms with Gasteiger partial charge in [0.15, 0.2) is 0 Å². The smallest absolute Gasteiger partial charge is 0.129 e. The summed E-state index contributed by atoms with van der Waals surface area (Å²) < 4.78 is 0. The summed E-state index contributed by atoms with van der Waals surface area (Å²) in [5.41, 5.74) is 7.12. The number of nitrogens with zero attached hydrogens (tertiary/aromatic N) is 2. The Morgan fingerprint density at radius 3 is 3.11 bits per heavy atom. The highest BCUT2D eigenvalue weighted by atomic mass is 16.3. The van der Waals surface area contributed by atoms with Crippen molar-refractivity contribution in [2.45, 2.75) is 44.2 Å². The summed E-state index contributed by atoms with van der Waals surface area (Å²) >= 11 is 0. The third-order valence-corrected chi connectivity index (χ3v) is 4.54. The average molecular weight is 247 g/mol. The number of aryl methyl sites for hydroxylation is 1. The summed E-state index contributed by atoms with van der Waals surface area (Å²) in [6, 6.07) is 2.45. The molecule has 2 aliphatic heterocycles. The van der Waals surface area contributed by atoms with Crippen LogP contribution in [-0.2, 0) is 5.60 Å². The molecule has 1 aromatic rings. The number of fused-ring (bicyclic) bond motifs is 1. The molecule has 0 spiro atoms. The molecule has 2 saturated heterocycles. The Labute approximate surface area is 108 Å². The Bertz CT molecular complexity index is 442. The lowest BCUT2D eigenvalue weighted by Crippen LogP contribution is -2.46. The fourth-order valence-corrected chi connectivity index (χ4v) is 3.65. The van der Waals surface area contributed by atoms with Gasteiger partial charge in [0.05, 0.1) is 5.60 Å². The molecular formula is C14H21N3O. The number of anilines is 1. The SMILES string of the molecule is Cc1ccnc(N)c1C1(O)CCN2CCCC2C1. The number of piperidine rings is 1. The normalized spacial score (nSPS) is 32.4. The van der Waals surface area contributed by atoms with Gasteiger partial charge in [-0.3, -0.25) is 0 Å². The molecule has 4 heteroatoms. The second kappa shape index (κ2) is 4.21. The zero-order valence-corrected chi connectivity index (χ0v) is 10.9. The van der Waals surface area contributed by atoms with E-state index in [1.807, 2.05) is 13.0 Å². The standard InChI is InChI=1S/C14H21N3O/c1-10-4-6-16-13(15)12(10)14(18)5-8-17-7-2-3-11(17)9-14/h4,6,11,18H,2-3,5,7-9H2,1H3,(H2,15,16). The van der Waals surface area contributed by atoms with E-state index < -0.39 is 5.60 Å². The van der Waals surface area contributed by atoms with Gasteiger partial charge in [0, 0.05) is 24.3 Å². The van der Waals surface area contributed by atoms with E-state index >= 15 is 0 Å². The van der Waals surface area contributed by atoms with Gasteiger partial charge in [-0.15, -0.1) is 0 Å². The van der Waals surface area contributed by atoms with E-state index in [-0.39, 0.29) is 0 Å². The Balaban J connectivity index is 1.95. The van der Waals surface area contributed by atoms with Gasteiger partial charge in [-0.2, -0.15) is 0 Å². The van der Waals surface area contributed by atoms with Gasteiger partial charge >= 0.3 is 0 Å². The van der Waals surface area contributed by atoms with Gasteiger partial charge in [-0.1, -0.05) is 0 Å². The van der Waals surface area contributed by atoms with E-state index in [0.29, 0.717) is 11.9 Å². The molecule has 0 bridgehead atoms. The first-order valence-electron chi connectivity index (χ1n) is 6.78. The maximum absolute atomic E-state index is 11.0. The molecule has 2 aliphatic rings. The molecule has 98 valence electrons. The maximum Gasteiger partial charge on any atom is 0.129 e. The number of nitrogen functional groups attached to an aromatic ring is 1. The molecule has 2 unspecified atom stereocenters. The molecular weight excluding hydrogens is 226 g/mol. The van der Waals surface area contributed by atoms with E-state index in [1.165, 1.54) is 19.4 Å². The highest BCUT2D eigenvalue weighted by molar-refractivity contribution is 5.48. The van der Waals surface area contributed by atoms with Crippen molar-refractivity contribution in [1.82, 2.24) is 9.88 Å². The van der Waals surface area contributed by atoms with Crippen LogP contribution in [0, 0.1) is 6.92 Å². The first-order valence-corrected chi connectivity index (χ1v) is 6.78. The Morgan fingerprint density at radius 2 is 2.33 bits per heavy atom. The molecule has 0 amide bonds. The monoisotopic (exact) mass is 247 g/mol. The first-order chi connectivity index (χ1) is 8.60. The van der Waals surface area contributed by atoms with Crippen molar-refractivity contribution in [3.63, 3.8) is 0 Å². The molecule has 18 heavy (non-hydrogen) atoms. The minimum atomic E-state index is -0.784. The fourth-order valence-electron chi connectivity index (χ4n) is 3.65. The van der Waals surface area contributed by atoms with Crippen LogP contribution in [0.1, 0.15) is 36.8 Å². The number of aliphatic hydroxyl groups is 1. The lowest BCUT2D eigenvalue weighted by molar-refractivity contribution is -0.0409. The van der Waals surface area contributed by atoms with Gasteiger partial charge in [0.1, 0.15) is 5.82 Å². The zero-order chi connectivity index (χ0) is 12.8. The molecule has 1 aromatic heterocycles. The summed E-state index contributed by atoms with van der Waals surface area (Å²) in [6.07, 6.45) is 5.72. The van der Waals surface area contributed by atoms with E-state index in [1.54, 1.807) is 6.20 Å². The van der Waals surface area contributed by atoms with Crippen molar-refractivity contribution in [2.24, 2.45) is 0 Å². The Kier molecular flexibility index (Phi) is 2.79. The van der Waals surface area contributed by atoms with Crippen LogP contribution in [0.2, 0.25) is 0 Å². The van der Waals surface area contributed by atoms with Gasteiger partial charge in [0.2, 0.25) is 0 Å². The summed E-state index contributed by atoms with van der Waals surface area (Å²) in [5, 5.41) is 11.0. The number of rotatable bonds is 1. The molecule has 3 heterocycles. The predicted molar refractivity (Wildman–Crippen MR) is 71.1 cm³/mol. The van der Waals surface area contributed by atoms with Crippen LogP contribution >= 0.6 is 0 Å². The molecule has 0 radical (unpaired) electrons. The van der Waals surface area contributed by atoms with Crippen LogP contribution in [0.4, 0.5) is 5.82 Å². The summed E-state index contributed by atoms with van der Waals surface area (Å²) in [7, 11) is 0. The first kappa shape index (κ1) is 11.9. The molecule has 2 fully saturated rings. The number of nitrogens with two attached hydrogens (primary N) is 1. The largest absolute Gasteiger partial charge is 0.385 e. The summed E-state index contributed by atoms with van der Waals surface area (Å²) in [4.78, 5) is 6.65. The van der Waals surface area contributed by atoms with Crippen LogP contribution < -0.4 is 5.73 Å². The lowest BCUT2D eigenvalue weighted by atomic mass is 9.79. The van der Waals surface area contributed by atoms with Gasteiger partial charge in [-0.05, 0) is 50.8 Å². The van der Waals surface area contributed by atoms with E-state index in [4.69, 9.17) is 5.73 Å². The second-order valence-electron chi connectivity index (χ2n) is 5.71. The van der Waals surface area contributed by atoms with Crippen LogP contribution in [0.5, 0.6) is 0 Å².